The van der Waals surface area contributed by atoms with Crippen LogP contribution in [0.15, 0.2) is 53.5 Å². The minimum atomic E-state index is -0.0758. The van der Waals surface area contributed by atoms with Crippen molar-refractivity contribution in [2.75, 3.05) is 21.1 Å². The van der Waals surface area contributed by atoms with E-state index in [4.69, 9.17) is 0 Å². The van der Waals surface area contributed by atoms with E-state index >= 15 is 0 Å². The Bertz CT molecular complexity index is 720. The molecule has 5 nitrogen and oxygen atoms in total. The van der Waals surface area contributed by atoms with E-state index in [9.17, 15) is 4.79 Å². The van der Waals surface area contributed by atoms with Gasteiger partial charge in [0.25, 0.3) is 5.91 Å². The monoisotopic (exact) mass is 338 g/mol. The molecular formula is C20H26N4O. The number of hydrogen-bond donors (Lipinski definition) is 2. The van der Waals surface area contributed by atoms with Gasteiger partial charge >= 0.3 is 0 Å². The first kappa shape index (κ1) is 18.5. The van der Waals surface area contributed by atoms with E-state index in [2.05, 4.69) is 51.7 Å². The van der Waals surface area contributed by atoms with E-state index in [0.717, 1.165) is 18.1 Å². The molecule has 0 bridgehead atoms. The van der Waals surface area contributed by atoms with Crippen molar-refractivity contribution >= 4 is 11.9 Å². The predicted molar refractivity (Wildman–Crippen MR) is 103 cm³/mol. The van der Waals surface area contributed by atoms with Gasteiger partial charge in [0.15, 0.2) is 5.96 Å². The smallest absolute Gasteiger partial charge is 0.251 e. The minimum absolute atomic E-state index is 0.0758. The first-order valence-corrected chi connectivity index (χ1v) is 8.32. The third-order valence-corrected chi connectivity index (χ3v) is 4.01. The summed E-state index contributed by atoms with van der Waals surface area (Å²) in [5.74, 6) is 0.754. The van der Waals surface area contributed by atoms with Gasteiger partial charge in [-0.25, -0.2) is 0 Å². The fourth-order valence-electron chi connectivity index (χ4n) is 2.53. The Morgan fingerprint density at radius 1 is 1.04 bits per heavy atom. The van der Waals surface area contributed by atoms with E-state index in [1.807, 2.05) is 31.3 Å². The van der Waals surface area contributed by atoms with Crippen LogP contribution in [-0.2, 0) is 13.1 Å². The lowest BCUT2D eigenvalue weighted by molar-refractivity contribution is 0.0963. The summed E-state index contributed by atoms with van der Waals surface area (Å²) in [4.78, 5) is 18.0. The third-order valence-electron chi connectivity index (χ3n) is 4.01. The molecule has 0 heterocycles. The van der Waals surface area contributed by atoms with Crippen molar-refractivity contribution in [3.63, 3.8) is 0 Å². The molecule has 5 heteroatoms. The minimum Gasteiger partial charge on any atom is -0.355 e. The summed E-state index contributed by atoms with van der Waals surface area (Å²) >= 11 is 0. The van der Waals surface area contributed by atoms with Crippen LogP contribution in [0.4, 0.5) is 0 Å². The predicted octanol–water partition coefficient (Wildman–Crippen LogP) is 2.56. The lowest BCUT2D eigenvalue weighted by Gasteiger charge is -2.22. The molecule has 2 N–H and O–H groups in total. The van der Waals surface area contributed by atoms with Crippen molar-refractivity contribution in [2.24, 2.45) is 4.99 Å². The van der Waals surface area contributed by atoms with Gasteiger partial charge in [0.05, 0.1) is 0 Å². The zero-order valence-corrected chi connectivity index (χ0v) is 15.3. The number of carbonyl (C=O) groups is 1. The highest BCUT2D eigenvalue weighted by molar-refractivity contribution is 5.93. The van der Waals surface area contributed by atoms with E-state index in [1.54, 1.807) is 14.1 Å². The van der Waals surface area contributed by atoms with Crippen molar-refractivity contribution in [3.8, 4) is 0 Å². The molecule has 1 amide bonds. The summed E-state index contributed by atoms with van der Waals surface area (Å²) in [6.45, 7) is 3.53. The molecule has 0 aromatic heterocycles. The summed E-state index contributed by atoms with van der Waals surface area (Å²) in [7, 11) is 5.43. The number of aliphatic imine (C=N–C) groups is 1. The Morgan fingerprint density at radius 2 is 1.64 bits per heavy atom. The fraction of sp³-hybridized carbons (Fsp3) is 0.300. The number of amides is 1. The number of guanidine groups is 1. The highest BCUT2D eigenvalue weighted by atomic mass is 16.1. The van der Waals surface area contributed by atoms with E-state index in [0.29, 0.717) is 12.1 Å². The van der Waals surface area contributed by atoms with Crippen LogP contribution in [0, 0.1) is 6.92 Å². The molecule has 0 spiro atoms. The molecule has 0 saturated carbocycles. The lowest BCUT2D eigenvalue weighted by Crippen LogP contribution is -2.38. The number of aryl methyl sites for hydroxylation is 1. The topological polar surface area (TPSA) is 56.7 Å². The van der Waals surface area contributed by atoms with Gasteiger partial charge in [0, 0.05) is 39.8 Å². The van der Waals surface area contributed by atoms with Gasteiger partial charge in [-0.3, -0.25) is 9.79 Å². The summed E-state index contributed by atoms with van der Waals surface area (Å²) < 4.78 is 0. The Balaban J connectivity index is 1.93. The largest absolute Gasteiger partial charge is 0.355 e. The van der Waals surface area contributed by atoms with Crippen LogP contribution in [0.25, 0.3) is 0 Å². The fourth-order valence-corrected chi connectivity index (χ4v) is 2.53. The van der Waals surface area contributed by atoms with Crippen molar-refractivity contribution < 1.29 is 4.79 Å². The Kier molecular flexibility index (Phi) is 6.57. The zero-order chi connectivity index (χ0) is 18.2. The number of nitrogens with one attached hydrogen (secondary N) is 2. The summed E-state index contributed by atoms with van der Waals surface area (Å²) in [5.41, 5.74) is 4.25. The van der Waals surface area contributed by atoms with Gasteiger partial charge in [0.2, 0.25) is 0 Å². The van der Waals surface area contributed by atoms with Gasteiger partial charge in [-0.05, 0) is 30.2 Å². The Morgan fingerprint density at radius 3 is 2.20 bits per heavy atom. The molecule has 2 aromatic rings. The third kappa shape index (κ3) is 5.35. The number of rotatable bonds is 5. The van der Waals surface area contributed by atoms with Crippen LogP contribution in [-0.4, -0.2) is 37.9 Å². The average molecular weight is 338 g/mol. The number of carbonyl (C=O) groups excluding carboxylic acids is 1. The van der Waals surface area contributed by atoms with Gasteiger partial charge in [-0.1, -0.05) is 42.0 Å². The van der Waals surface area contributed by atoms with Gasteiger partial charge < -0.3 is 15.5 Å². The molecule has 0 saturated heterocycles. The summed E-state index contributed by atoms with van der Waals surface area (Å²) in [6.07, 6.45) is 0. The Labute approximate surface area is 149 Å². The number of benzene rings is 2. The normalized spacial score (nSPS) is 11.1. The highest BCUT2D eigenvalue weighted by Crippen LogP contribution is 2.07. The molecule has 0 fully saturated rings. The van der Waals surface area contributed by atoms with Crippen LogP contribution in [0.3, 0.4) is 0 Å². The standard InChI is InChI=1S/C20H26N4O/c1-15-5-7-17(8-6-15)14-24(4)20(22-3)23-13-16-9-11-18(12-10-16)19(25)21-2/h5-12H,13-14H2,1-4H3,(H,21,25)(H,22,23). The quantitative estimate of drug-likeness (QED) is 0.651. The number of hydrogen-bond acceptors (Lipinski definition) is 2. The van der Waals surface area contributed by atoms with Crippen molar-refractivity contribution in [2.45, 2.75) is 20.0 Å². The molecular weight excluding hydrogens is 312 g/mol. The maximum Gasteiger partial charge on any atom is 0.251 e. The molecule has 2 rings (SSSR count). The molecule has 0 unspecified atom stereocenters. The molecule has 2 aromatic carbocycles. The van der Waals surface area contributed by atoms with Crippen LogP contribution in [0.2, 0.25) is 0 Å². The van der Waals surface area contributed by atoms with Gasteiger partial charge in [-0.15, -0.1) is 0 Å². The first-order valence-electron chi connectivity index (χ1n) is 8.32. The van der Waals surface area contributed by atoms with Crippen LogP contribution in [0.5, 0.6) is 0 Å². The highest BCUT2D eigenvalue weighted by Gasteiger charge is 2.07. The second kappa shape index (κ2) is 8.87. The first-order chi connectivity index (χ1) is 12.0. The molecule has 0 atom stereocenters. The van der Waals surface area contributed by atoms with Gasteiger partial charge in [0.1, 0.15) is 0 Å². The zero-order valence-electron chi connectivity index (χ0n) is 15.3. The van der Waals surface area contributed by atoms with Crippen LogP contribution >= 0.6 is 0 Å². The van der Waals surface area contributed by atoms with Crippen LogP contribution in [0.1, 0.15) is 27.0 Å². The van der Waals surface area contributed by atoms with E-state index in [-0.39, 0.29) is 5.91 Å². The number of nitrogens with zero attached hydrogens (tertiary/aromatic N) is 2. The second-order valence-electron chi connectivity index (χ2n) is 6.02. The van der Waals surface area contributed by atoms with E-state index in [1.165, 1.54) is 11.1 Å². The SMILES string of the molecule is CN=C(NCc1ccc(C(=O)NC)cc1)N(C)Cc1ccc(C)cc1. The molecule has 132 valence electrons. The molecule has 0 radical (unpaired) electrons. The second-order valence-corrected chi connectivity index (χ2v) is 6.02. The van der Waals surface area contributed by atoms with Gasteiger partial charge in [-0.2, -0.15) is 0 Å². The van der Waals surface area contributed by atoms with Crippen LogP contribution < -0.4 is 10.6 Å². The lowest BCUT2D eigenvalue weighted by atomic mass is 10.1. The maximum atomic E-state index is 11.6. The summed E-state index contributed by atoms with van der Waals surface area (Å²) in [6, 6.07) is 16.1. The summed E-state index contributed by atoms with van der Waals surface area (Å²) in [5, 5.41) is 5.98. The van der Waals surface area contributed by atoms with Crippen molar-refractivity contribution in [1.29, 1.82) is 0 Å². The van der Waals surface area contributed by atoms with Crippen molar-refractivity contribution in [1.82, 2.24) is 15.5 Å². The maximum absolute atomic E-state index is 11.6. The van der Waals surface area contributed by atoms with E-state index < -0.39 is 0 Å². The molecule has 0 aliphatic carbocycles. The van der Waals surface area contributed by atoms with Crippen molar-refractivity contribution in [3.05, 3.63) is 70.8 Å². The molecule has 0 aliphatic rings. The Hall–Kier alpha value is -2.82. The average Bonchev–Trinajstić information content (AvgIpc) is 2.64. The molecule has 25 heavy (non-hydrogen) atoms. The molecule has 0 aliphatic heterocycles.